The van der Waals surface area contributed by atoms with Crippen molar-refractivity contribution in [3.8, 4) is 0 Å². The maximum atomic E-state index is 15.6. The zero-order chi connectivity index (χ0) is 31.0. The zero-order valence-corrected chi connectivity index (χ0v) is 19.0. The highest BCUT2D eigenvalue weighted by atomic mass is 19.2. The number of benzene rings is 6. The minimum Gasteiger partial charge on any atom is -0.205 e. The first-order valence-electron chi connectivity index (χ1n) is 10.8. The molecule has 6 aromatic carbocycles. The van der Waals surface area contributed by atoms with Crippen LogP contribution in [0.1, 0.15) is 0 Å². The van der Waals surface area contributed by atoms with E-state index in [1.54, 1.807) is 0 Å². The SMILES string of the molecule is Fc1c(F)c(F)c2c(F)c3c(F)c4c(F)c5c(F)c6c(F)c(F)c(F)c(F)c6c(F)c5c(F)c4c(F)c3c(F)c2c1F. The van der Waals surface area contributed by atoms with Gasteiger partial charge in [0.1, 0.15) is 46.5 Å². The van der Waals surface area contributed by atoms with Crippen LogP contribution in [0, 0.1) is 93.1 Å². The quantitative estimate of drug-likeness (QED) is 0.0691. The van der Waals surface area contributed by atoms with Gasteiger partial charge in [0.2, 0.25) is 0 Å². The molecule has 0 fully saturated rings. The zero-order valence-electron chi connectivity index (χ0n) is 19.0. The summed E-state index contributed by atoms with van der Waals surface area (Å²) >= 11 is 0. The summed E-state index contributed by atoms with van der Waals surface area (Å²) < 4.78 is 236. The van der Waals surface area contributed by atoms with E-state index in [1.807, 2.05) is 0 Å². The van der Waals surface area contributed by atoms with E-state index in [0.717, 1.165) is 0 Å². The molecule has 0 heterocycles. The van der Waals surface area contributed by atoms with Crippen LogP contribution in [0.3, 0.4) is 0 Å². The lowest BCUT2D eigenvalue weighted by atomic mass is 9.92. The Labute approximate surface area is 217 Å². The Kier molecular flexibility index (Phi) is 5.61. The van der Waals surface area contributed by atoms with Crippen molar-refractivity contribution in [2.45, 2.75) is 0 Å². The maximum Gasteiger partial charge on any atom is 0.198 e. The first-order chi connectivity index (χ1) is 19.6. The predicted molar refractivity (Wildman–Crippen MR) is 113 cm³/mol. The molecule has 0 spiro atoms. The lowest BCUT2D eigenvalue weighted by Crippen LogP contribution is -2.08. The van der Waals surface area contributed by atoms with Crippen molar-refractivity contribution in [1.29, 1.82) is 0 Å². The second-order valence-corrected chi connectivity index (χ2v) is 8.77. The Morgan fingerprint density at radius 2 is 0.214 bits per heavy atom. The van der Waals surface area contributed by atoms with Gasteiger partial charge >= 0.3 is 0 Å². The molecule has 0 aliphatic rings. The average molecular weight is 616 g/mol. The van der Waals surface area contributed by atoms with Crippen LogP contribution in [-0.2, 0) is 0 Å². The van der Waals surface area contributed by atoms with Crippen molar-refractivity contribution in [2.75, 3.05) is 0 Å². The van der Waals surface area contributed by atoms with Crippen LogP contribution in [0.15, 0.2) is 0 Å². The number of halogens is 16. The third kappa shape index (κ3) is 2.96. The minimum absolute atomic E-state index is 2.16. The number of hydrogen-bond acceptors (Lipinski definition) is 0. The molecule has 0 unspecified atom stereocenters. The van der Waals surface area contributed by atoms with Crippen LogP contribution in [0.5, 0.6) is 0 Å². The third-order valence-corrected chi connectivity index (χ3v) is 6.80. The summed E-state index contributed by atoms with van der Waals surface area (Å²) in [6.07, 6.45) is 0. The molecule has 6 rings (SSSR count). The van der Waals surface area contributed by atoms with E-state index in [-0.39, 0.29) is 0 Å². The lowest BCUT2D eigenvalue weighted by molar-refractivity contribution is 0.414. The van der Waals surface area contributed by atoms with Crippen molar-refractivity contribution in [3.05, 3.63) is 93.1 Å². The molecule has 0 amide bonds. The first-order valence-corrected chi connectivity index (χ1v) is 10.8. The molecule has 0 aromatic heterocycles. The molecule has 6 aromatic rings. The van der Waals surface area contributed by atoms with Gasteiger partial charge in [-0.2, -0.15) is 0 Å². The number of fused-ring (bicyclic) bond motifs is 5. The van der Waals surface area contributed by atoms with Crippen LogP contribution in [0.2, 0.25) is 0 Å². The Balaban J connectivity index is 2.00. The summed E-state index contributed by atoms with van der Waals surface area (Å²) in [5, 5.41) is -21.8. The summed E-state index contributed by atoms with van der Waals surface area (Å²) in [4.78, 5) is 0. The van der Waals surface area contributed by atoms with Gasteiger partial charge in [0.25, 0.3) is 0 Å². The van der Waals surface area contributed by atoms with E-state index in [0.29, 0.717) is 0 Å². The summed E-state index contributed by atoms with van der Waals surface area (Å²) in [5.41, 5.74) is 0. The fourth-order valence-corrected chi connectivity index (χ4v) is 4.98. The summed E-state index contributed by atoms with van der Waals surface area (Å²) in [6.45, 7) is 0. The van der Waals surface area contributed by atoms with Crippen LogP contribution in [-0.4, -0.2) is 0 Å². The molecule has 0 radical (unpaired) electrons. The van der Waals surface area contributed by atoms with Gasteiger partial charge in [0, 0.05) is 0 Å². The summed E-state index contributed by atoms with van der Waals surface area (Å²) in [7, 11) is 0. The van der Waals surface area contributed by atoms with Crippen LogP contribution >= 0.6 is 0 Å². The monoisotopic (exact) mass is 616 g/mol. The molecule has 0 atom stereocenters. The molecule has 216 valence electrons. The Morgan fingerprint density at radius 3 is 0.333 bits per heavy atom. The van der Waals surface area contributed by atoms with Gasteiger partial charge in [-0.25, -0.2) is 70.2 Å². The molecule has 42 heavy (non-hydrogen) atoms. The Hall–Kier alpha value is -4.50. The number of hydrogen-bond donors (Lipinski definition) is 0. The van der Waals surface area contributed by atoms with Crippen molar-refractivity contribution in [2.24, 2.45) is 0 Å². The molecule has 0 aliphatic carbocycles. The molecular weight excluding hydrogens is 616 g/mol. The molecule has 0 saturated carbocycles. The second kappa shape index (κ2) is 8.51. The predicted octanol–water partition coefficient (Wildman–Crippen LogP) is 9.68. The fraction of sp³-hybridized carbons (Fsp3) is 0. The van der Waals surface area contributed by atoms with Gasteiger partial charge in [0.15, 0.2) is 46.5 Å². The van der Waals surface area contributed by atoms with E-state index < -0.39 is 147 Å². The normalized spacial score (nSPS) is 12.3. The lowest BCUT2D eigenvalue weighted by Gasteiger charge is -2.17. The van der Waals surface area contributed by atoms with Crippen LogP contribution < -0.4 is 0 Å². The highest BCUT2D eigenvalue weighted by Crippen LogP contribution is 2.46. The fourth-order valence-electron chi connectivity index (χ4n) is 4.98. The van der Waals surface area contributed by atoms with Gasteiger partial charge in [0.05, 0.1) is 53.9 Å². The van der Waals surface area contributed by atoms with E-state index in [1.165, 1.54) is 0 Å². The Morgan fingerprint density at radius 1 is 0.119 bits per heavy atom. The van der Waals surface area contributed by atoms with Gasteiger partial charge in [-0.1, -0.05) is 0 Å². The Bertz CT molecular complexity index is 1990. The molecule has 0 aliphatic heterocycles. The van der Waals surface area contributed by atoms with Crippen LogP contribution in [0.4, 0.5) is 70.2 Å². The maximum absolute atomic E-state index is 15.6. The van der Waals surface area contributed by atoms with E-state index in [9.17, 15) is 35.1 Å². The highest BCUT2D eigenvalue weighted by molar-refractivity contribution is 6.13. The van der Waals surface area contributed by atoms with E-state index >= 15 is 35.1 Å². The van der Waals surface area contributed by atoms with Crippen LogP contribution in [0.25, 0.3) is 53.9 Å². The van der Waals surface area contributed by atoms with Gasteiger partial charge in [-0.3, -0.25) is 0 Å². The largest absolute Gasteiger partial charge is 0.205 e. The topological polar surface area (TPSA) is 0 Å². The first kappa shape index (κ1) is 27.7. The van der Waals surface area contributed by atoms with Gasteiger partial charge < -0.3 is 0 Å². The van der Waals surface area contributed by atoms with Gasteiger partial charge in [-0.05, 0) is 0 Å². The molecule has 0 nitrogen and oxygen atoms in total. The third-order valence-electron chi connectivity index (χ3n) is 6.80. The molecule has 0 bridgehead atoms. The standard InChI is InChI=1S/C26F16/c27-11-1-2(13(29)5-3(11)15(31)7-9(17(5)33)21(37)25(41)23(39)19(7)35)14(30)6-4(12(1)28)16(32)8-10(18(6)34)22(38)26(42)24(40)20(8)36. The van der Waals surface area contributed by atoms with E-state index in [4.69, 9.17) is 0 Å². The second-order valence-electron chi connectivity index (χ2n) is 8.77. The summed E-state index contributed by atoms with van der Waals surface area (Å²) in [6, 6.07) is 0. The molecule has 16 heteroatoms. The van der Waals surface area contributed by atoms with E-state index in [2.05, 4.69) is 0 Å². The average Bonchev–Trinajstić information content (AvgIpc) is 2.94. The minimum atomic E-state index is -2.75. The molecular formula is C26F16. The highest BCUT2D eigenvalue weighted by Gasteiger charge is 2.36. The van der Waals surface area contributed by atoms with Gasteiger partial charge in [-0.15, -0.1) is 0 Å². The van der Waals surface area contributed by atoms with Crippen molar-refractivity contribution in [3.63, 3.8) is 0 Å². The van der Waals surface area contributed by atoms with Crippen molar-refractivity contribution >= 4 is 53.9 Å². The van der Waals surface area contributed by atoms with Crippen molar-refractivity contribution in [1.82, 2.24) is 0 Å². The smallest absolute Gasteiger partial charge is 0.198 e. The molecule has 0 N–H and O–H groups in total. The van der Waals surface area contributed by atoms with Crippen molar-refractivity contribution < 1.29 is 70.2 Å². The summed E-state index contributed by atoms with van der Waals surface area (Å²) in [5.74, 6) is -42.5. The molecule has 0 saturated heterocycles. The number of rotatable bonds is 0.